The van der Waals surface area contributed by atoms with Gasteiger partial charge in [-0.05, 0) is 6.92 Å². The highest BCUT2D eigenvalue weighted by atomic mass is 32.2. The maximum atomic E-state index is 10.6. The molecular weight excluding hydrogens is 330 g/mol. The quantitative estimate of drug-likeness (QED) is 0.304. The van der Waals surface area contributed by atoms with Crippen LogP contribution in [0.3, 0.4) is 0 Å². The van der Waals surface area contributed by atoms with E-state index in [1.165, 1.54) is 0 Å². The molecule has 0 heterocycles. The monoisotopic (exact) mass is 361 g/mol. The summed E-state index contributed by atoms with van der Waals surface area (Å²) in [5.41, 5.74) is 0. The fourth-order valence-electron chi connectivity index (χ4n) is 1.11. The first-order valence-electron chi connectivity index (χ1n) is 7.45. The largest absolute Gasteiger partial charge is 0.394 e. The van der Waals surface area contributed by atoms with Gasteiger partial charge in [-0.15, -0.1) is 0 Å². The fourth-order valence-corrected chi connectivity index (χ4v) is 1.57. The van der Waals surface area contributed by atoms with Gasteiger partial charge in [0.15, 0.2) is 0 Å². The molecule has 0 radical (unpaired) electrons. The Kier molecular flexibility index (Phi) is 21.4. The third-order valence-electron chi connectivity index (χ3n) is 2.03. The van der Waals surface area contributed by atoms with Crippen molar-refractivity contribution in [2.24, 2.45) is 0 Å². The molecule has 0 fully saturated rings. The van der Waals surface area contributed by atoms with Crippen LogP contribution in [0.1, 0.15) is 6.92 Å². The minimum atomic E-state index is -3.12. The van der Waals surface area contributed by atoms with Gasteiger partial charge in [-0.2, -0.15) is 0 Å². The van der Waals surface area contributed by atoms with Gasteiger partial charge in [-0.3, -0.25) is 0 Å². The van der Waals surface area contributed by atoms with Crippen molar-refractivity contribution in [1.29, 1.82) is 0 Å². The average molecular weight is 361 g/mol. The van der Waals surface area contributed by atoms with Crippen LogP contribution in [-0.2, 0) is 29.0 Å². The molecule has 0 bridgehead atoms. The summed E-state index contributed by atoms with van der Waals surface area (Å²) in [6.45, 7) is 6.03. The van der Waals surface area contributed by atoms with Gasteiger partial charge in [-0.25, -0.2) is 13.1 Å². The van der Waals surface area contributed by atoms with Crippen molar-refractivity contribution >= 4 is 10.0 Å². The lowest BCUT2D eigenvalue weighted by Crippen LogP contribution is -2.26. The highest BCUT2D eigenvalue weighted by Crippen LogP contribution is 1.79. The molecule has 23 heavy (non-hydrogen) atoms. The Morgan fingerprint density at radius 1 is 0.783 bits per heavy atom. The van der Waals surface area contributed by atoms with Crippen molar-refractivity contribution in [2.75, 3.05) is 78.9 Å². The Morgan fingerprint density at radius 2 is 1.22 bits per heavy atom. The molecule has 0 unspecified atom stereocenters. The summed E-state index contributed by atoms with van der Waals surface area (Å²) >= 11 is 0. The van der Waals surface area contributed by atoms with Gasteiger partial charge in [0.2, 0.25) is 10.0 Å². The van der Waals surface area contributed by atoms with Gasteiger partial charge in [0.1, 0.15) is 0 Å². The Hall–Kier alpha value is -0.330. The van der Waals surface area contributed by atoms with E-state index in [9.17, 15) is 8.42 Å². The summed E-state index contributed by atoms with van der Waals surface area (Å²) in [4.78, 5) is 0. The van der Waals surface area contributed by atoms with Crippen molar-refractivity contribution in [1.82, 2.24) is 4.72 Å². The SMILES string of the molecule is CCOCCOCCO.CS(=O)(=O)NCCOCCOCCO. The van der Waals surface area contributed by atoms with Gasteiger partial charge in [0.05, 0.1) is 65.7 Å². The summed E-state index contributed by atoms with van der Waals surface area (Å²) in [6.07, 6.45) is 1.09. The normalized spacial score (nSPS) is 11.1. The average Bonchev–Trinajstić information content (AvgIpc) is 2.49. The molecule has 0 aliphatic rings. The number of sulfonamides is 1. The number of rotatable bonds is 15. The summed E-state index contributed by atoms with van der Waals surface area (Å²) < 4.78 is 43.3. The van der Waals surface area contributed by atoms with Crippen LogP contribution in [0.2, 0.25) is 0 Å². The number of hydrogen-bond donors (Lipinski definition) is 3. The third kappa shape index (κ3) is 30.2. The molecule has 0 amide bonds. The number of aliphatic hydroxyl groups is 2. The highest BCUT2D eigenvalue weighted by molar-refractivity contribution is 7.88. The Labute approximate surface area is 138 Å². The Morgan fingerprint density at radius 3 is 1.61 bits per heavy atom. The maximum absolute atomic E-state index is 10.6. The van der Waals surface area contributed by atoms with Gasteiger partial charge in [0.25, 0.3) is 0 Å². The van der Waals surface area contributed by atoms with Crippen LogP contribution in [0, 0.1) is 0 Å². The van der Waals surface area contributed by atoms with Crippen molar-refractivity contribution in [3.05, 3.63) is 0 Å². The predicted octanol–water partition coefficient (Wildman–Crippen LogP) is -1.41. The third-order valence-corrected chi connectivity index (χ3v) is 2.76. The first-order chi connectivity index (χ1) is 11.0. The number of ether oxygens (including phenoxy) is 4. The van der Waals surface area contributed by atoms with Gasteiger partial charge in [0, 0.05) is 13.2 Å². The molecule has 0 spiro atoms. The summed E-state index contributed by atoms with van der Waals surface area (Å²) in [7, 11) is -3.12. The molecule has 10 heteroatoms. The van der Waals surface area contributed by atoms with Crippen LogP contribution in [-0.4, -0.2) is 97.5 Å². The van der Waals surface area contributed by atoms with Gasteiger partial charge >= 0.3 is 0 Å². The van der Waals surface area contributed by atoms with Crippen molar-refractivity contribution in [3.63, 3.8) is 0 Å². The summed E-state index contributed by atoms with van der Waals surface area (Å²) in [5, 5.41) is 16.6. The molecule has 0 aromatic rings. The second kappa shape index (κ2) is 19.7. The minimum Gasteiger partial charge on any atom is -0.394 e. The van der Waals surface area contributed by atoms with E-state index in [0.717, 1.165) is 12.9 Å². The molecule has 9 nitrogen and oxygen atoms in total. The van der Waals surface area contributed by atoms with E-state index < -0.39 is 10.0 Å². The maximum Gasteiger partial charge on any atom is 0.208 e. The van der Waals surface area contributed by atoms with Crippen molar-refractivity contribution in [3.8, 4) is 0 Å². The van der Waals surface area contributed by atoms with Gasteiger partial charge in [-0.1, -0.05) is 0 Å². The highest BCUT2D eigenvalue weighted by Gasteiger charge is 1.98. The minimum absolute atomic E-state index is 0.00433. The lowest BCUT2D eigenvalue weighted by Gasteiger charge is -2.04. The second-order valence-electron chi connectivity index (χ2n) is 4.15. The lowest BCUT2D eigenvalue weighted by atomic mass is 10.7. The topological polar surface area (TPSA) is 124 Å². The number of hydrogen-bond acceptors (Lipinski definition) is 8. The fraction of sp³-hybridized carbons (Fsp3) is 1.00. The van der Waals surface area contributed by atoms with E-state index in [1.807, 2.05) is 6.92 Å². The van der Waals surface area contributed by atoms with Crippen LogP contribution in [0.4, 0.5) is 0 Å². The molecule has 0 atom stereocenters. The predicted molar refractivity (Wildman–Crippen MR) is 86.0 cm³/mol. The molecule has 142 valence electrons. The van der Waals surface area contributed by atoms with Crippen LogP contribution < -0.4 is 4.72 Å². The summed E-state index contributed by atoms with van der Waals surface area (Å²) in [5.74, 6) is 0. The first kappa shape index (κ1) is 24.9. The van der Waals surface area contributed by atoms with Crippen molar-refractivity contribution in [2.45, 2.75) is 6.92 Å². The molecule has 0 aliphatic heterocycles. The molecule has 0 aromatic heterocycles. The molecule has 3 N–H and O–H groups in total. The van der Waals surface area contributed by atoms with E-state index in [2.05, 4.69) is 4.72 Å². The van der Waals surface area contributed by atoms with Crippen LogP contribution >= 0.6 is 0 Å². The number of aliphatic hydroxyl groups excluding tert-OH is 2. The van der Waals surface area contributed by atoms with Crippen LogP contribution in [0.5, 0.6) is 0 Å². The standard InChI is InChI=1S/C7H17NO5S.C6H14O3/c1-14(10,11)8-2-4-12-6-7-13-5-3-9;1-2-8-5-6-9-4-3-7/h8-9H,2-7H2,1H3;7H,2-6H2,1H3. The van der Waals surface area contributed by atoms with E-state index in [4.69, 9.17) is 29.2 Å². The molecule has 0 aromatic carbocycles. The molecule has 0 aliphatic carbocycles. The molecule has 0 rings (SSSR count). The first-order valence-corrected chi connectivity index (χ1v) is 9.34. The van der Waals surface area contributed by atoms with Gasteiger partial charge < -0.3 is 29.2 Å². The second-order valence-corrected chi connectivity index (χ2v) is 5.98. The zero-order valence-corrected chi connectivity index (χ0v) is 14.8. The molecule has 0 saturated carbocycles. The van der Waals surface area contributed by atoms with E-state index in [0.29, 0.717) is 46.2 Å². The zero-order valence-electron chi connectivity index (χ0n) is 14.0. The Balaban J connectivity index is 0. The Bertz CT molecular complexity index is 307. The van der Waals surface area contributed by atoms with Crippen molar-refractivity contribution < 1.29 is 37.6 Å². The molecular formula is C13H31NO8S. The van der Waals surface area contributed by atoms with E-state index in [1.54, 1.807) is 0 Å². The smallest absolute Gasteiger partial charge is 0.208 e. The lowest BCUT2D eigenvalue weighted by molar-refractivity contribution is 0.0349. The van der Waals surface area contributed by atoms with Crippen LogP contribution in [0.15, 0.2) is 0 Å². The van der Waals surface area contributed by atoms with E-state index >= 15 is 0 Å². The zero-order chi connectivity index (χ0) is 17.8. The van der Waals surface area contributed by atoms with E-state index in [-0.39, 0.29) is 19.8 Å². The van der Waals surface area contributed by atoms with Crippen LogP contribution in [0.25, 0.3) is 0 Å². The number of nitrogens with one attached hydrogen (secondary N) is 1. The molecule has 0 saturated heterocycles. The summed E-state index contributed by atoms with van der Waals surface area (Å²) in [6, 6.07) is 0.